The highest BCUT2D eigenvalue weighted by Gasteiger charge is 2.17. The summed E-state index contributed by atoms with van der Waals surface area (Å²) < 4.78 is 37.6. The molecule has 2 rings (SSSR count). The zero-order chi connectivity index (χ0) is 14.8. The maximum absolute atomic E-state index is 13.5. The molecule has 0 bridgehead atoms. The summed E-state index contributed by atoms with van der Waals surface area (Å²) in [6.07, 6.45) is 0. The molecule has 0 saturated carbocycles. The Bertz CT molecular complexity index is 747. The highest BCUT2D eigenvalue weighted by molar-refractivity contribution is 7.94. The van der Waals surface area contributed by atoms with Gasteiger partial charge in [-0.2, -0.15) is 0 Å². The summed E-state index contributed by atoms with van der Waals surface area (Å²) in [4.78, 5) is -0.460. The predicted molar refractivity (Wildman–Crippen MR) is 75.4 cm³/mol. The maximum Gasteiger partial charge on any atom is 0.206 e. The number of rotatable bonds is 3. The van der Waals surface area contributed by atoms with Crippen LogP contribution in [0.1, 0.15) is 11.1 Å². The van der Waals surface area contributed by atoms with E-state index in [1.54, 1.807) is 24.3 Å². The van der Waals surface area contributed by atoms with Gasteiger partial charge >= 0.3 is 0 Å². The Morgan fingerprint density at radius 3 is 2.30 bits per heavy atom. The molecule has 0 spiro atoms. The summed E-state index contributed by atoms with van der Waals surface area (Å²) in [5, 5.41) is 10.5. The van der Waals surface area contributed by atoms with Crippen LogP contribution in [0.25, 0.3) is 5.76 Å². The molecule has 0 unspecified atom stereocenters. The van der Waals surface area contributed by atoms with Crippen molar-refractivity contribution >= 4 is 15.6 Å². The second-order valence-corrected chi connectivity index (χ2v) is 6.11. The highest BCUT2D eigenvalue weighted by atomic mass is 32.2. The second kappa shape index (κ2) is 5.46. The molecule has 0 fully saturated rings. The van der Waals surface area contributed by atoms with E-state index in [4.69, 9.17) is 0 Å². The van der Waals surface area contributed by atoms with Gasteiger partial charge in [-0.15, -0.1) is 0 Å². The molecule has 2 aromatic carbocycles. The van der Waals surface area contributed by atoms with Crippen molar-refractivity contribution in [3.05, 3.63) is 70.9 Å². The Balaban J connectivity index is 2.43. The summed E-state index contributed by atoms with van der Waals surface area (Å²) >= 11 is 0. The number of aliphatic hydroxyl groups excluding tert-OH is 1. The summed E-state index contributed by atoms with van der Waals surface area (Å²) in [5.41, 5.74) is 1.34. The number of halogens is 1. The third-order valence-electron chi connectivity index (χ3n) is 2.76. The third kappa shape index (κ3) is 3.05. The zero-order valence-corrected chi connectivity index (χ0v) is 11.6. The normalized spacial score (nSPS) is 12.4. The number of hydrogen-bond donors (Lipinski definition) is 1. The van der Waals surface area contributed by atoms with Crippen molar-refractivity contribution in [3.63, 3.8) is 0 Å². The van der Waals surface area contributed by atoms with Crippen molar-refractivity contribution in [1.29, 1.82) is 0 Å². The van der Waals surface area contributed by atoms with Gasteiger partial charge in [0.1, 0.15) is 16.5 Å². The van der Waals surface area contributed by atoms with Crippen LogP contribution in [0.15, 0.2) is 58.8 Å². The van der Waals surface area contributed by atoms with E-state index in [2.05, 4.69) is 0 Å². The lowest BCUT2D eigenvalue weighted by Gasteiger charge is -2.03. The van der Waals surface area contributed by atoms with Gasteiger partial charge in [0.2, 0.25) is 9.84 Å². The Kier molecular flexibility index (Phi) is 3.90. The number of benzene rings is 2. The van der Waals surface area contributed by atoms with Crippen LogP contribution in [0.3, 0.4) is 0 Å². The van der Waals surface area contributed by atoms with Crippen molar-refractivity contribution in [1.82, 2.24) is 0 Å². The van der Waals surface area contributed by atoms with E-state index < -0.39 is 26.3 Å². The molecule has 0 aliphatic rings. The molecule has 0 atom stereocenters. The minimum Gasteiger partial charge on any atom is -0.507 e. The van der Waals surface area contributed by atoms with E-state index >= 15 is 0 Å². The quantitative estimate of drug-likeness (QED) is 0.881. The van der Waals surface area contributed by atoms with Gasteiger partial charge in [0, 0.05) is 5.56 Å². The number of aryl methyl sites for hydroxylation is 1. The van der Waals surface area contributed by atoms with E-state index in [1.807, 2.05) is 6.92 Å². The number of sulfone groups is 1. The van der Waals surface area contributed by atoms with E-state index in [0.717, 1.165) is 17.7 Å². The van der Waals surface area contributed by atoms with Crippen molar-refractivity contribution in [2.45, 2.75) is 11.8 Å². The molecule has 0 amide bonds. The van der Waals surface area contributed by atoms with Crippen LogP contribution < -0.4 is 0 Å². The first kappa shape index (κ1) is 14.3. The fourth-order valence-electron chi connectivity index (χ4n) is 1.68. The van der Waals surface area contributed by atoms with Crippen LogP contribution in [0.4, 0.5) is 4.39 Å². The fraction of sp³-hybridized carbons (Fsp3) is 0.0667. The first-order valence-corrected chi connectivity index (χ1v) is 7.42. The molecule has 104 valence electrons. The molecule has 3 nitrogen and oxygen atoms in total. The summed E-state index contributed by atoms with van der Waals surface area (Å²) in [5.74, 6) is -1.27. The van der Waals surface area contributed by atoms with E-state index in [1.165, 1.54) is 12.1 Å². The van der Waals surface area contributed by atoms with Gasteiger partial charge < -0.3 is 5.11 Å². The number of hydrogen-bond acceptors (Lipinski definition) is 3. The molecule has 5 heteroatoms. The van der Waals surface area contributed by atoms with Gasteiger partial charge in [0.25, 0.3) is 0 Å². The van der Waals surface area contributed by atoms with Crippen molar-refractivity contribution < 1.29 is 17.9 Å². The molecular weight excluding hydrogens is 279 g/mol. The Morgan fingerprint density at radius 1 is 1.10 bits per heavy atom. The Morgan fingerprint density at radius 2 is 1.70 bits per heavy atom. The largest absolute Gasteiger partial charge is 0.507 e. The van der Waals surface area contributed by atoms with E-state index in [-0.39, 0.29) is 0 Å². The Labute approximate surface area is 116 Å². The van der Waals surface area contributed by atoms with Gasteiger partial charge in [0.05, 0.1) is 5.41 Å². The van der Waals surface area contributed by atoms with Crippen LogP contribution >= 0.6 is 0 Å². The second-order valence-electron chi connectivity index (χ2n) is 4.34. The molecule has 0 saturated heterocycles. The van der Waals surface area contributed by atoms with Crippen molar-refractivity contribution in [3.8, 4) is 0 Å². The lowest BCUT2D eigenvalue weighted by Crippen LogP contribution is -2.01. The topological polar surface area (TPSA) is 54.4 Å². The first-order valence-electron chi connectivity index (χ1n) is 5.87. The standard InChI is InChI=1S/C15H13FO3S/c1-11-6-8-12(9-7-11)14(17)10-20(18,19)15-5-3-2-4-13(15)16/h2-10,17H,1H3. The van der Waals surface area contributed by atoms with Crippen LogP contribution in [0.2, 0.25) is 0 Å². The molecule has 20 heavy (non-hydrogen) atoms. The molecule has 0 aliphatic heterocycles. The SMILES string of the molecule is Cc1ccc(C(O)=CS(=O)(=O)c2ccccc2F)cc1. The zero-order valence-electron chi connectivity index (χ0n) is 10.7. The summed E-state index contributed by atoms with van der Waals surface area (Å²) in [7, 11) is -4.04. The van der Waals surface area contributed by atoms with Gasteiger partial charge in [-0.1, -0.05) is 42.0 Å². The average Bonchev–Trinajstić information content (AvgIpc) is 2.39. The van der Waals surface area contributed by atoms with E-state index in [0.29, 0.717) is 11.0 Å². The maximum atomic E-state index is 13.5. The molecule has 2 aromatic rings. The van der Waals surface area contributed by atoms with Gasteiger partial charge in [-0.3, -0.25) is 0 Å². The monoisotopic (exact) mass is 292 g/mol. The summed E-state index contributed by atoms with van der Waals surface area (Å²) in [6, 6.07) is 11.7. The van der Waals surface area contributed by atoms with Crippen LogP contribution in [-0.2, 0) is 9.84 Å². The molecule has 1 N–H and O–H groups in total. The number of aliphatic hydroxyl groups is 1. The van der Waals surface area contributed by atoms with Crippen molar-refractivity contribution in [2.75, 3.05) is 0 Å². The average molecular weight is 292 g/mol. The molecule has 0 heterocycles. The minimum atomic E-state index is -4.04. The van der Waals surface area contributed by atoms with Gasteiger partial charge in [-0.05, 0) is 19.1 Å². The first-order chi connectivity index (χ1) is 9.40. The lowest BCUT2D eigenvalue weighted by atomic mass is 10.1. The predicted octanol–water partition coefficient (Wildman–Crippen LogP) is 3.46. The molecule has 0 aromatic heterocycles. The fourth-order valence-corrected chi connectivity index (χ4v) is 2.84. The molecule has 0 aliphatic carbocycles. The summed E-state index contributed by atoms with van der Waals surface area (Å²) in [6.45, 7) is 1.88. The van der Waals surface area contributed by atoms with Crippen LogP contribution in [0, 0.1) is 12.7 Å². The van der Waals surface area contributed by atoms with Crippen LogP contribution in [0.5, 0.6) is 0 Å². The van der Waals surface area contributed by atoms with Gasteiger partial charge in [-0.25, -0.2) is 12.8 Å². The minimum absolute atomic E-state index is 0.357. The highest BCUT2D eigenvalue weighted by Crippen LogP contribution is 2.20. The smallest absolute Gasteiger partial charge is 0.206 e. The van der Waals surface area contributed by atoms with E-state index in [9.17, 15) is 17.9 Å². The van der Waals surface area contributed by atoms with Gasteiger partial charge in [0.15, 0.2) is 0 Å². The third-order valence-corrected chi connectivity index (χ3v) is 4.23. The van der Waals surface area contributed by atoms with Crippen LogP contribution in [-0.4, -0.2) is 13.5 Å². The lowest BCUT2D eigenvalue weighted by molar-refractivity contribution is 0.511. The van der Waals surface area contributed by atoms with Crippen molar-refractivity contribution in [2.24, 2.45) is 0 Å². The molecular formula is C15H13FO3S. The molecule has 0 radical (unpaired) electrons. The Hall–Kier alpha value is -2.14.